The number of carboxylic acid groups (broad SMARTS) is 1. The van der Waals surface area contributed by atoms with Crippen molar-refractivity contribution in [3.05, 3.63) is 82.4 Å². The minimum Gasteiger partial charge on any atom is -0.493 e. The van der Waals surface area contributed by atoms with E-state index < -0.39 is 12.6 Å². The molecule has 0 heterocycles. The lowest BCUT2D eigenvalue weighted by atomic mass is 10.1. The van der Waals surface area contributed by atoms with Crippen molar-refractivity contribution in [1.82, 2.24) is 4.90 Å². The van der Waals surface area contributed by atoms with Crippen LogP contribution in [-0.4, -0.2) is 49.8 Å². The fourth-order valence-electron chi connectivity index (χ4n) is 3.82. The summed E-state index contributed by atoms with van der Waals surface area (Å²) in [6, 6.07) is 17.2. The van der Waals surface area contributed by atoms with Gasteiger partial charge in [0.2, 0.25) is 5.75 Å². The van der Waals surface area contributed by atoms with E-state index in [0.29, 0.717) is 17.2 Å². The second kappa shape index (κ2) is 12.2. The van der Waals surface area contributed by atoms with E-state index in [9.17, 15) is 14.7 Å². The Labute approximate surface area is 214 Å². The van der Waals surface area contributed by atoms with Gasteiger partial charge in [-0.15, -0.1) is 0 Å². The number of hydrogen-bond donors (Lipinski definition) is 1. The third-order valence-electron chi connectivity index (χ3n) is 5.68. The van der Waals surface area contributed by atoms with E-state index in [1.165, 1.54) is 39.5 Å². The maximum absolute atomic E-state index is 13.5. The largest absolute Gasteiger partial charge is 0.493 e. The van der Waals surface area contributed by atoms with E-state index in [0.717, 1.165) is 11.1 Å². The molecule has 0 bridgehead atoms. The predicted octanol–water partition coefficient (Wildman–Crippen LogP) is 5.23. The van der Waals surface area contributed by atoms with Crippen LogP contribution in [0.25, 0.3) is 0 Å². The van der Waals surface area contributed by atoms with Crippen LogP contribution in [0.15, 0.2) is 60.7 Å². The summed E-state index contributed by atoms with van der Waals surface area (Å²) in [7, 11) is 4.56. The zero-order chi connectivity index (χ0) is 26.2. The van der Waals surface area contributed by atoms with Gasteiger partial charge in [0.25, 0.3) is 5.91 Å². The van der Waals surface area contributed by atoms with Crippen LogP contribution in [0.2, 0.25) is 5.02 Å². The fraction of sp³-hybridized carbons (Fsp3) is 0.259. The van der Waals surface area contributed by atoms with Crippen molar-refractivity contribution in [2.45, 2.75) is 19.5 Å². The molecule has 0 aliphatic carbocycles. The molecule has 0 fully saturated rings. The van der Waals surface area contributed by atoms with Crippen molar-refractivity contribution in [1.29, 1.82) is 0 Å². The number of aromatic carboxylic acids is 1. The number of ether oxygens (including phenoxy) is 4. The number of para-hydroxylation sites is 1. The molecule has 36 heavy (non-hydrogen) atoms. The number of methoxy groups -OCH3 is 3. The first-order valence-electron chi connectivity index (χ1n) is 11.1. The molecule has 190 valence electrons. The molecule has 0 saturated carbocycles. The van der Waals surface area contributed by atoms with E-state index >= 15 is 0 Å². The number of carboxylic acids is 1. The Bertz CT molecular complexity index is 1190. The van der Waals surface area contributed by atoms with Gasteiger partial charge >= 0.3 is 5.97 Å². The summed E-state index contributed by atoms with van der Waals surface area (Å²) in [4.78, 5) is 26.7. The summed E-state index contributed by atoms with van der Waals surface area (Å²) in [6.07, 6.45) is 0. The van der Waals surface area contributed by atoms with Crippen LogP contribution < -0.4 is 18.9 Å². The summed E-state index contributed by atoms with van der Waals surface area (Å²) < 4.78 is 22.0. The molecule has 8 nitrogen and oxygen atoms in total. The van der Waals surface area contributed by atoms with Gasteiger partial charge in [-0.25, -0.2) is 4.79 Å². The van der Waals surface area contributed by atoms with Crippen LogP contribution in [0.4, 0.5) is 0 Å². The highest BCUT2D eigenvalue weighted by atomic mass is 35.5. The highest BCUT2D eigenvalue weighted by molar-refractivity contribution is 6.32. The van der Waals surface area contributed by atoms with Gasteiger partial charge in [-0.2, -0.15) is 0 Å². The molecular formula is C27H28ClNO7. The Balaban J connectivity index is 1.94. The SMILES string of the molecule is COc1cc(CN(C(=O)COc2c(Cl)cccc2C(=O)O)[C@H](C)c2ccccc2)cc(OC)c1OC. The Kier molecular flexibility index (Phi) is 9.02. The maximum Gasteiger partial charge on any atom is 0.339 e. The van der Waals surface area contributed by atoms with Gasteiger partial charge in [0.1, 0.15) is 5.56 Å². The Morgan fingerprint density at radius 2 is 1.56 bits per heavy atom. The Morgan fingerprint density at radius 1 is 0.917 bits per heavy atom. The van der Waals surface area contributed by atoms with E-state index in [-0.39, 0.29) is 34.8 Å². The van der Waals surface area contributed by atoms with Gasteiger partial charge in [0.05, 0.1) is 32.4 Å². The smallest absolute Gasteiger partial charge is 0.339 e. The van der Waals surface area contributed by atoms with Gasteiger partial charge < -0.3 is 29.0 Å². The maximum atomic E-state index is 13.5. The zero-order valence-corrected chi connectivity index (χ0v) is 21.2. The molecule has 0 radical (unpaired) electrons. The van der Waals surface area contributed by atoms with Crippen molar-refractivity contribution in [2.24, 2.45) is 0 Å². The molecule has 0 aromatic heterocycles. The molecule has 0 spiro atoms. The van der Waals surface area contributed by atoms with Gasteiger partial charge in [0.15, 0.2) is 23.9 Å². The first-order chi connectivity index (χ1) is 17.3. The summed E-state index contributed by atoms with van der Waals surface area (Å²) in [5.41, 5.74) is 1.54. The number of benzene rings is 3. The zero-order valence-electron chi connectivity index (χ0n) is 20.5. The molecule has 0 unspecified atom stereocenters. The van der Waals surface area contributed by atoms with Crippen LogP contribution >= 0.6 is 11.6 Å². The van der Waals surface area contributed by atoms with Crippen LogP contribution in [0.1, 0.15) is 34.5 Å². The van der Waals surface area contributed by atoms with Crippen molar-refractivity contribution in [3.63, 3.8) is 0 Å². The molecule has 3 aromatic carbocycles. The van der Waals surface area contributed by atoms with Crippen LogP contribution in [0.3, 0.4) is 0 Å². The van der Waals surface area contributed by atoms with E-state index in [1.807, 2.05) is 37.3 Å². The molecule has 3 aromatic rings. The molecule has 9 heteroatoms. The summed E-state index contributed by atoms with van der Waals surface area (Å²) in [5.74, 6) is -0.251. The number of carbonyl (C=O) groups excluding carboxylic acids is 1. The number of halogens is 1. The van der Waals surface area contributed by atoms with E-state index in [2.05, 4.69) is 0 Å². The first-order valence-corrected chi connectivity index (χ1v) is 11.5. The molecule has 0 saturated heterocycles. The van der Waals surface area contributed by atoms with Crippen molar-refractivity contribution in [2.75, 3.05) is 27.9 Å². The van der Waals surface area contributed by atoms with Crippen molar-refractivity contribution < 1.29 is 33.6 Å². The Morgan fingerprint density at radius 3 is 2.11 bits per heavy atom. The average molecular weight is 514 g/mol. The molecular weight excluding hydrogens is 486 g/mol. The molecule has 3 rings (SSSR count). The topological polar surface area (TPSA) is 94.5 Å². The third kappa shape index (κ3) is 6.01. The van der Waals surface area contributed by atoms with Gasteiger partial charge in [-0.1, -0.05) is 48.0 Å². The second-order valence-corrected chi connectivity index (χ2v) is 8.26. The lowest BCUT2D eigenvalue weighted by molar-refractivity contribution is -0.136. The number of hydrogen-bond acceptors (Lipinski definition) is 6. The number of carbonyl (C=O) groups is 2. The lowest BCUT2D eigenvalue weighted by Gasteiger charge is -2.30. The Hall–Kier alpha value is -3.91. The van der Waals surface area contributed by atoms with E-state index in [4.69, 9.17) is 30.5 Å². The van der Waals surface area contributed by atoms with Gasteiger partial charge in [-0.05, 0) is 42.3 Å². The molecule has 0 aliphatic rings. The number of amides is 1. The fourth-order valence-corrected chi connectivity index (χ4v) is 4.05. The third-order valence-corrected chi connectivity index (χ3v) is 5.98. The highest BCUT2D eigenvalue weighted by Gasteiger charge is 2.25. The molecule has 1 atom stereocenters. The normalized spacial score (nSPS) is 11.4. The second-order valence-electron chi connectivity index (χ2n) is 7.85. The molecule has 1 amide bonds. The number of rotatable bonds is 11. The van der Waals surface area contributed by atoms with Crippen LogP contribution in [0.5, 0.6) is 23.0 Å². The first kappa shape index (κ1) is 26.7. The standard InChI is InChI=1S/C27H28ClNO7/c1-17(19-9-6-5-7-10-19)29(15-18-13-22(33-2)26(35-4)23(14-18)34-3)24(30)16-36-25-20(27(31)32)11-8-12-21(25)28/h5-14,17H,15-16H2,1-4H3,(H,31,32)/t17-/m1/s1. The summed E-state index contributed by atoms with van der Waals surface area (Å²) in [5, 5.41) is 9.58. The average Bonchev–Trinajstić information content (AvgIpc) is 2.89. The van der Waals surface area contributed by atoms with Gasteiger partial charge in [-0.3, -0.25) is 4.79 Å². The summed E-state index contributed by atoms with van der Waals surface area (Å²) in [6.45, 7) is 1.69. The monoisotopic (exact) mass is 513 g/mol. The minimum absolute atomic E-state index is 0.0554. The van der Waals surface area contributed by atoms with Gasteiger partial charge in [0, 0.05) is 6.54 Å². The van der Waals surface area contributed by atoms with Crippen molar-refractivity contribution >= 4 is 23.5 Å². The predicted molar refractivity (Wildman–Crippen MR) is 135 cm³/mol. The number of nitrogens with zero attached hydrogens (tertiary/aromatic N) is 1. The minimum atomic E-state index is -1.20. The molecule has 0 aliphatic heterocycles. The van der Waals surface area contributed by atoms with Crippen LogP contribution in [-0.2, 0) is 11.3 Å². The quantitative estimate of drug-likeness (QED) is 0.375. The van der Waals surface area contributed by atoms with Crippen LogP contribution in [0, 0.1) is 0 Å². The lowest BCUT2D eigenvalue weighted by Crippen LogP contribution is -2.36. The highest BCUT2D eigenvalue weighted by Crippen LogP contribution is 2.39. The van der Waals surface area contributed by atoms with E-state index in [1.54, 1.807) is 17.0 Å². The van der Waals surface area contributed by atoms with Crippen molar-refractivity contribution in [3.8, 4) is 23.0 Å². The molecule has 1 N–H and O–H groups in total. The summed E-state index contributed by atoms with van der Waals surface area (Å²) >= 11 is 6.17.